The van der Waals surface area contributed by atoms with E-state index >= 15 is 0 Å². The number of carbonyl (C=O) groups is 13. The summed E-state index contributed by atoms with van der Waals surface area (Å²) < 4.78 is 0. The van der Waals surface area contributed by atoms with E-state index in [2.05, 4.69) is 98.7 Å². The predicted octanol–water partition coefficient (Wildman–Crippen LogP) is -11.5. The van der Waals surface area contributed by atoms with Gasteiger partial charge in [-0.2, -0.15) is 0 Å². The highest BCUT2D eigenvalue weighted by Crippen LogP contribution is 2.09. The number of hydrogen-bond donors (Lipinski definition) is 28. The largest absolute Gasteiger partial charge is 0.370 e. The van der Waals surface area contributed by atoms with E-state index in [1.807, 2.05) is 0 Å². The Labute approximate surface area is 663 Å². The second kappa shape index (κ2) is 62.6. The van der Waals surface area contributed by atoms with Gasteiger partial charge >= 0.3 is 0 Å². The molecule has 114 heavy (non-hydrogen) atoms. The number of aliphatic imine (C=N–C) groups is 7. The van der Waals surface area contributed by atoms with Crippen molar-refractivity contribution in [3.05, 3.63) is 0 Å². The minimum atomic E-state index is -1.09. The molecule has 48 nitrogen and oxygen atoms in total. The highest BCUT2D eigenvalue weighted by Gasteiger charge is 2.27. The van der Waals surface area contributed by atoms with Crippen molar-refractivity contribution in [3.63, 3.8) is 0 Å². The van der Waals surface area contributed by atoms with Crippen LogP contribution in [0.4, 0.5) is 0 Å². The van der Waals surface area contributed by atoms with Crippen LogP contribution < -0.4 is 156 Å². The molecule has 0 aliphatic carbocycles. The van der Waals surface area contributed by atoms with Crippen LogP contribution in [0.2, 0.25) is 0 Å². The van der Waals surface area contributed by atoms with Crippen molar-refractivity contribution in [2.75, 3.05) is 85.1 Å². The van der Waals surface area contributed by atoms with Crippen LogP contribution in [0.15, 0.2) is 34.9 Å². The summed E-state index contributed by atoms with van der Waals surface area (Å²) in [5.41, 5.74) is 87.4. The van der Waals surface area contributed by atoms with Gasteiger partial charge in [-0.05, 0) is 128 Å². The Morgan fingerprint density at radius 3 is 0.544 bits per heavy atom. The first kappa shape index (κ1) is 102. The number of amides is 13. The highest BCUT2D eigenvalue weighted by molar-refractivity contribution is 5.92. The third-order valence-electron chi connectivity index (χ3n) is 16.2. The molecule has 0 rings (SSSR count). The summed E-state index contributed by atoms with van der Waals surface area (Å²) in [6.45, 7) is 1.37. The molecule has 0 fully saturated rings. The number of nitrogens with zero attached hydrogens (tertiary/aromatic N) is 7. The molecule has 0 aromatic heterocycles. The fourth-order valence-electron chi connectivity index (χ4n) is 10.4. The first-order chi connectivity index (χ1) is 54.1. The van der Waals surface area contributed by atoms with E-state index in [-0.39, 0.29) is 255 Å². The van der Waals surface area contributed by atoms with E-state index in [1.165, 1.54) is 0 Å². The molecule has 0 aromatic rings. The van der Waals surface area contributed by atoms with E-state index in [1.54, 1.807) is 0 Å². The lowest BCUT2D eigenvalue weighted by atomic mass is 10.1. The fourth-order valence-corrected chi connectivity index (χ4v) is 10.4. The number of primary amides is 1. The van der Waals surface area contributed by atoms with Crippen molar-refractivity contribution >= 4 is 119 Å². The van der Waals surface area contributed by atoms with Gasteiger partial charge in [-0.1, -0.05) is 0 Å². The minimum absolute atomic E-state index is 0.00816. The molecular formula is C66H129N35O13. The Morgan fingerprint density at radius 1 is 0.211 bits per heavy atom. The number of guanidine groups is 7. The van der Waals surface area contributed by atoms with Crippen LogP contribution >= 0.6 is 0 Å². The standard InChI is InChI=1S/C66H129N35O13/c67-40(14-1-33-89-60(69)70)54(109)83-27-8-22-48(103)97-42(16-3-35-91-62(73)74)56(111)85-29-10-24-50(105)99-44(18-5-37-93-64(77)78)58(113)87-31-12-26-52(107)101-46(20-7-39-95-66(81)82)59(114)88-32-13-25-51(106)100-45(19-6-38-94-65(79)80)57(112)86-30-11-23-49(104)98-43(17-4-36-92-63(75)76)55(110)84-28-9-21-47(102)96-41(53(68)108)15-2-34-90-61(71)72/h40-46H,1-39,67H2,(H2,68,108)(H,83,109)(H,84,110)(H,85,111)(H,86,112)(H,87,113)(H,88,114)(H,96,102)(H,97,103)(H,98,104)(H,99,105)(H,100,106)(H,101,107)(H4,69,70,89)(H4,71,72,90)(H4,73,74,91)(H4,75,76,92)(H4,77,78,93)(H4,79,80,94)(H4,81,82,95)/t40-,41-,42-,43-,44-,45-,46-/m1/s1. The molecule has 0 spiro atoms. The van der Waals surface area contributed by atoms with Crippen LogP contribution in [0.25, 0.3) is 0 Å². The Hall–Kier alpha value is -12.0. The molecule has 0 heterocycles. The van der Waals surface area contributed by atoms with E-state index < -0.39 is 119 Å². The Kier molecular flexibility index (Phi) is 56.0. The quantitative estimate of drug-likeness (QED) is 0.0153. The van der Waals surface area contributed by atoms with Crippen molar-refractivity contribution < 1.29 is 62.3 Å². The summed E-state index contributed by atoms with van der Waals surface area (Å²) >= 11 is 0. The molecule has 0 aliphatic rings. The lowest BCUT2D eigenvalue weighted by Crippen LogP contribution is -2.48. The molecule has 44 N–H and O–H groups in total. The summed E-state index contributed by atoms with van der Waals surface area (Å²) in [4.78, 5) is 198. The third kappa shape index (κ3) is 57.1. The second-order valence-electron chi connectivity index (χ2n) is 26.2. The summed E-state index contributed by atoms with van der Waals surface area (Å²) in [5, 5.41) is 32.3. The molecule has 48 heteroatoms. The Morgan fingerprint density at radius 2 is 0.368 bits per heavy atom. The molecule has 0 saturated carbocycles. The van der Waals surface area contributed by atoms with E-state index in [4.69, 9.17) is 91.7 Å². The fraction of sp³-hybridized carbons (Fsp3) is 0.697. The zero-order valence-electron chi connectivity index (χ0n) is 65.3. The van der Waals surface area contributed by atoms with Crippen molar-refractivity contribution in [3.8, 4) is 0 Å². The molecule has 13 amide bonds. The number of carbonyl (C=O) groups excluding carboxylic acids is 13. The zero-order valence-corrected chi connectivity index (χ0v) is 65.3. The topological polar surface area (TPSA) is 869 Å². The van der Waals surface area contributed by atoms with Gasteiger partial charge in [0.25, 0.3) is 0 Å². The van der Waals surface area contributed by atoms with Gasteiger partial charge < -0.3 is 156 Å². The van der Waals surface area contributed by atoms with Crippen molar-refractivity contribution in [1.82, 2.24) is 63.8 Å². The normalized spacial score (nSPS) is 12.4. The van der Waals surface area contributed by atoms with Crippen LogP contribution in [-0.4, -0.2) is 246 Å². The van der Waals surface area contributed by atoms with Crippen molar-refractivity contribution in [1.29, 1.82) is 0 Å². The lowest BCUT2D eigenvalue weighted by Gasteiger charge is -2.20. The van der Waals surface area contributed by atoms with E-state index in [0.717, 1.165) is 0 Å². The first-order valence-corrected chi connectivity index (χ1v) is 37.9. The van der Waals surface area contributed by atoms with Gasteiger partial charge in [0.15, 0.2) is 41.7 Å². The average Bonchev–Trinajstić information content (AvgIpc) is 0.921. The van der Waals surface area contributed by atoms with Gasteiger partial charge in [0, 0.05) is 124 Å². The Balaban J connectivity index is 5.66. The van der Waals surface area contributed by atoms with Gasteiger partial charge in [-0.3, -0.25) is 97.3 Å². The second-order valence-corrected chi connectivity index (χ2v) is 26.2. The smallest absolute Gasteiger partial charge is 0.242 e. The van der Waals surface area contributed by atoms with Gasteiger partial charge in [0.1, 0.15) is 36.3 Å². The van der Waals surface area contributed by atoms with Crippen LogP contribution in [-0.2, 0) is 62.3 Å². The van der Waals surface area contributed by atoms with Crippen LogP contribution in [0, 0.1) is 0 Å². The van der Waals surface area contributed by atoms with E-state index in [9.17, 15) is 62.3 Å². The zero-order chi connectivity index (χ0) is 85.6. The molecule has 0 saturated heterocycles. The molecule has 0 bridgehead atoms. The SMILES string of the molecule is NC(=O)[C@@H](CCCN=C(N)N)NC(=O)CCCNC(=O)[C@@H](CCCN=C(N)N)NC(=O)CCCNC(=O)[C@@H](CCCN=C(N)N)NC(=O)CCCNC(=O)[C@@H](CCCN=C(N)N)NC(=O)CCCNC(=O)[C@@H](CCCN=C(N)N)NC(=O)CCCNC(=O)[C@@H](CCCN=C(N)N)NC(=O)CCCNC(=O)[C@H](N)CCCN=C(N)N. The van der Waals surface area contributed by atoms with Crippen LogP contribution in [0.3, 0.4) is 0 Å². The molecular weight excluding hydrogens is 1490 g/mol. The lowest BCUT2D eigenvalue weighted by molar-refractivity contribution is -0.130. The number of nitrogens with one attached hydrogen (secondary N) is 12. The summed E-state index contributed by atoms with van der Waals surface area (Å²) in [6.07, 6.45) is 3.59. The molecule has 7 atom stereocenters. The third-order valence-corrected chi connectivity index (χ3v) is 16.2. The van der Waals surface area contributed by atoms with Crippen molar-refractivity contribution in [2.45, 2.75) is 209 Å². The minimum Gasteiger partial charge on any atom is -0.370 e. The molecule has 0 radical (unpaired) electrons. The van der Waals surface area contributed by atoms with Crippen LogP contribution in [0.5, 0.6) is 0 Å². The molecule has 0 aromatic carbocycles. The van der Waals surface area contributed by atoms with Gasteiger partial charge in [-0.25, -0.2) is 0 Å². The summed E-state index contributed by atoms with van der Waals surface area (Å²) in [7, 11) is 0. The molecule has 0 unspecified atom stereocenters. The predicted molar refractivity (Wildman–Crippen MR) is 432 cm³/mol. The average molecular weight is 1620 g/mol. The van der Waals surface area contributed by atoms with Crippen molar-refractivity contribution in [2.24, 2.45) is 127 Å². The van der Waals surface area contributed by atoms with Gasteiger partial charge in [0.05, 0.1) is 6.04 Å². The number of rotatable bonds is 65. The number of hydrogen-bond acceptors (Lipinski definition) is 21. The Bertz CT molecular complexity index is 3200. The van der Waals surface area contributed by atoms with Gasteiger partial charge in [-0.15, -0.1) is 0 Å². The highest BCUT2D eigenvalue weighted by atomic mass is 16.2. The first-order valence-electron chi connectivity index (χ1n) is 37.9. The molecule has 646 valence electrons. The maximum atomic E-state index is 13.6. The number of nitrogens with two attached hydrogens (primary N) is 16. The van der Waals surface area contributed by atoms with E-state index in [0.29, 0.717) is 38.6 Å². The maximum Gasteiger partial charge on any atom is 0.242 e. The molecule has 0 aliphatic heterocycles. The van der Waals surface area contributed by atoms with Gasteiger partial charge in [0.2, 0.25) is 76.8 Å². The summed E-state index contributed by atoms with van der Waals surface area (Å²) in [5.74, 6) is -8.15. The maximum absolute atomic E-state index is 13.6. The van der Waals surface area contributed by atoms with Crippen LogP contribution in [0.1, 0.15) is 167 Å². The summed E-state index contributed by atoms with van der Waals surface area (Å²) in [6, 6.07) is -7.03. The monoisotopic (exact) mass is 1620 g/mol.